The van der Waals surface area contributed by atoms with Crippen LogP contribution in [0.15, 0.2) is 146 Å². The number of nitrogens with zero attached hydrogens (tertiary/aromatic N) is 7. The normalized spacial score (nSPS) is 17.6. The third kappa shape index (κ3) is 20.0. The number of piperidine rings is 2. The monoisotopic (exact) mass is 1470 g/mol. The van der Waals surface area contributed by atoms with Gasteiger partial charge in [0.25, 0.3) is 11.8 Å². The van der Waals surface area contributed by atoms with Gasteiger partial charge in [0, 0.05) is 100 Å². The van der Waals surface area contributed by atoms with Crippen LogP contribution in [0.25, 0.3) is 11.1 Å². The van der Waals surface area contributed by atoms with E-state index in [1.54, 1.807) is 29.0 Å². The number of likely N-dealkylation sites (tertiary alicyclic amines) is 2. The van der Waals surface area contributed by atoms with Crippen LogP contribution in [0.1, 0.15) is 113 Å². The summed E-state index contributed by atoms with van der Waals surface area (Å²) in [5.41, 5.74) is 0.849. The third-order valence-electron chi connectivity index (χ3n) is 19.8. The van der Waals surface area contributed by atoms with E-state index in [0.717, 1.165) is 65.2 Å². The summed E-state index contributed by atoms with van der Waals surface area (Å²) in [5.74, 6) is -2.09. The van der Waals surface area contributed by atoms with Gasteiger partial charge in [-0.25, -0.2) is 14.2 Å². The first-order valence-corrected chi connectivity index (χ1v) is 33.4. The van der Waals surface area contributed by atoms with Gasteiger partial charge >= 0.3 is 18.4 Å². The van der Waals surface area contributed by atoms with E-state index in [9.17, 15) is 59.8 Å². The maximum absolute atomic E-state index is 14.3. The molecular weight excluding hydrogens is 1380 g/mol. The summed E-state index contributed by atoms with van der Waals surface area (Å²) >= 11 is 0. The lowest BCUT2D eigenvalue weighted by Crippen LogP contribution is -2.50. The molecule has 10 rings (SSSR count). The van der Waals surface area contributed by atoms with Crippen LogP contribution in [0.2, 0.25) is 0 Å². The molecule has 5 amide bonds. The number of ether oxygens (including phenoxy) is 2. The molecule has 27 heteroatoms. The van der Waals surface area contributed by atoms with E-state index in [-0.39, 0.29) is 99.3 Å². The third-order valence-corrected chi connectivity index (χ3v) is 19.8. The van der Waals surface area contributed by atoms with Crippen LogP contribution >= 0.6 is 37.2 Å². The van der Waals surface area contributed by atoms with E-state index in [2.05, 4.69) is 27.2 Å². The number of fused-ring (bicyclic) bond motifs is 2. The zero-order chi connectivity index (χ0) is 69.8. The molecule has 3 aliphatic heterocycles. The first kappa shape index (κ1) is 80.8. The lowest BCUT2D eigenvalue weighted by molar-refractivity contribution is -0.143. The highest BCUT2D eigenvalue weighted by molar-refractivity contribution is 5.96. The van der Waals surface area contributed by atoms with Crippen molar-refractivity contribution in [3.8, 4) is 11.1 Å². The van der Waals surface area contributed by atoms with Crippen LogP contribution in [-0.4, -0.2) is 183 Å². The number of hydrogen-bond donors (Lipinski definition) is 2. The molecule has 6 aromatic carbocycles. The molecule has 548 valence electrons. The summed E-state index contributed by atoms with van der Waals surface area (Å²) in [6.07, 6.45) is -4.73. The smallest absolute Gasteiger partial charge is 0.416 e. The number of unbranched alkanes of at least 4 members (excludes halogenated alkanes) is 2. The van der Waals surface area contributed by atoms with Crippen molar-refractivity contribution in [1.82, 2.24) is 29.6 Å². The molecule has 0 radical (unpaired) electrons. The van der Waals surface area contributed by atoms with E-state index in [1.165, 1.54) is 41.3 Å². The van der Waals surface area contributed by atoms with E-state index < -0.39 is 64.6 Å². The molecule has 0 unspecified atom stereocenters. The topological polar surface area (TPSA) is 168 Å². The molecule has 1 aliphatic carbocycles. The number of alkyl halides is 6. The van der Waals surface area contributed by atoms with Gasteiger partial charge in [-0.15, -0.1) is 37.2 Å². The van der Waals surface area contributed by atoms with Crippen molar-refractivity contribution in [1.29, 1.82) is 0 Å². The first-order valence-electron chi connectivity index (χ1n) is 33.4. The number of nitrogens with one attached hydrogen (secondary N) is 1. The van der Waals surface area contributed by atoms with Crippen molar-refractivity contribution < 1.29 is 74.1 Å². The highest BCUT2D eigenvalue weighted by Crippen LogP contribution is 2.49. The van der Waals surface area contributed by atoms with E-state index >= 15 is 0 Å². The summed E-state index contributed by atoms with van der Waals surface area (Å²) < 4.78 is 110. The summed E-state index contributed by atoms with van der Waals surface area (Å²) in [7, 11) is 4.94. The standard InChI is InChI=1S/C74H85F7N8O9.3ClH/c1-83(36-14-37-88(96-3)69(93)53-22-28-60(29-23-53)82-35-13-5-8-21-66(90)84(2)43-44-85-38-30-61(31-39-85)89(70(94)95)64-20-12-10-18-62(64)52-15-6-4-7-16-52)67(91)49-97-65-47-54-17-9-11-19-63(54)71(65)32-40-86(41-33-71)42-34-72(56-24-26-59(75)27-25-56)50-87(51-98-72)68(92)55-45-57(73(76,77)78)48-58(46-55)74(79,80)81;;;/h4,6-7,9-12,15-20,22-29,45-46,48,61,65,82H,5,8,13-14,21,30-44,47,49-51H2,1-3H3,(H,94,95);3*1H/t65-,72+;;;/m0.../s1. The molecule has 0 saturated carbocycles. The van der Waals surface area contributed by atoms with E-state index in [4.69, 9.17) is 14.3 Å². The molecule has 1 spiro atoms. The van der Waals surface area contributed by atoms with Crippen LogP contribution in [0.4, 0.5) is 46.9 Å². The molecular formula is C74H88Cl3F7N8O9. The number of carboxylic acid groups (broad SMARTS) is 1. The Morgan fingerprint density at radius 1 is 0.673 bits per heavy atom. The number of likely N-dealkylation sites (N-methyl/N-ethyl adjacent to an activating group) is 2. The van der Waals surface area contributed by atoms with Gasteiger partial charge in [0.2, 0.25) is 11.8 Å². The van der Waals surface area contributed by atoms with Gasteiger partial charge in [-0.3, -0.25) is 28.9 Å². The number of rotatable bonds is 27. The minimum absolute atomic E-state index is 0. The molecule has 0 aromatic heterocycles. The number of para-hydroxylation sites is 1. The molecule has 0 bridgehead atoms. The second-order valence-corrected chi connectivity index (χ2v) is 26.0. The van der Waals surface area contributed by atoms with Crippen molar-refractivity contribution in [3.63, 3.8) is 0 Å². The average Bonchev–Trinajstić information content (AvgIpc) is 1.64. The highest BCUT2D eigenvalue weighted by atomic mass is 35.5. The lowest BCUT2D eigenvalue weighted by Gasteiger charge is -2.44. The Bertz CT molecular complexity index is 3690. The first-order chi connectivity index (χ1) is 46.9. The zero-order valence-electron chi connectivity index (χ0n) is 56.7. The maximum atomic E-state index is 14.3. The zero-order valence-corrected chi connectivity index (χ0v) is 59.1. The van der Waals surface area contributed by atoms with Crippen molar-refractivity contribution in [2.45, 2.75) is 106 Å². The maximum Gasteiger partial charge on any atom is 0.416 e. The SMILES string of the molecule is CON(CCCN(C)C(=O)CO[C@H]1Cc2ccccc2C12CCN(CC[C@]1(c3ccc(F)cc3)CN(C(=O)c3cc(C(F)(F)F)cc(C(F)(F)F)c3)CO1)CC2)C(=O)c1ccc(NCCCCCC(=O)N(C)CCN2CCC(N(C(=O)O)c3ccccc3-c3ccccc3)CC2)cc1.Cl.Cl.Cl. The molecule has 6 aromatic rings. The molecule has 3 heterocycles. The number of halogens is 10. The van der Waals surface area contributed by atoms with Crippen molar-refractivity contribution in [2.24, 2.45) is 0 Å². The fourth-order valence-electron chi connectivity index (χ4n) is 14.1. The van der Waals surface area contributed by atoms with E-state index in [1.807, 2.05) is 85.9 Å². The minimum Gasteiger partial charge on any atom is -0.465 e. The Morgan fingerprint density at radius 3 is 1.95 bits per heavy atom. The number of hydrogen-bond acceptors (Lipinski definition) is 11. The molecule has 3 saturated heterocycles. The van der Waals surface area contributed by atoms with Gasteiger partial charge in [0.15, 0.2) is 0 Å². The molecule has 3 fully saturated rings. The predicted octanol–water partition coefficient (Wildman–Crippen LogP) is 14.1. The van der Waals surface area contributed by atoms with Gasteiger partial charge in [0.05, 0.1) is 43.1 Å². The molecule has 17 nitrogen and oxygen atoms in total. The largest absolute Gasteiger partial charge is 0.465 e. The molecule has 2 N–H and O–H groups in total. The Kier molecular flexibility index (Phi) is 28.8. The van der Waals surface area contributed by atoms with Gasteiger partial charge < -0.3 is 44.4 Å². The lowest BCUT2D eigenvalue weighted by atomic mass is 9.72. The molecule has 101 heavy (non-hydrogen) atoms. The van der Waals surface area contributed by atoms with Gasteiger partial charge in [-0.05, 0) is 154 Å². The van der Waals surface area contributed by atoms with Crippen molar-refractivity contribution in [2.75, 3.05) is 117 Å². The molecule has 2 atom stereocenters. The number of hydroxylamine groups is 2. The second-order valence-electron chi connectivity index (χ2n) is 26.0. The second kappa shape index (κ2) is 36.0. The highest BCUT2D eigenvalue weighted by Gasteiger charge is 2.50. The van der Waals surface area contributed by atoms with Gasteiger partial charge in [-0.1, -0.05) is 91.3 Å². The van der Waals surface area contributed by atoms with Crippen LogP contribution in [0.5, 0.6) is 0 Å². The van der Waals surface area contributed by atoms with Gasteiger partial charge in [0.1, 0.15) is 24.8 Å². The number of carbonyl (C=O) groups is 5. The number of anilines is 2. The fourth-order valence-corrected chi connectivity index (χ4v) is 14.1. The Labute approximate surface area is 603 Å². The molecule has 4 aliphatic rings. The minimum atomic E-state index is -5.15. The van der Waals surface area contributed by atoms with Gasteiger partial charge in [-0.2, -0.15) is 26.3 Å². The van der Waals surface area contributed by atoms with Crippen molar-refractivity contribution in [3.05, 3.63) is 190 Å². The summed E-state index contributed by atoms with van der Waals surface area (Å²) in [4.78, 5) is 82.7. The predicted molar refractivity (Wildman–Crippen MR) is 378 cm³/mol. The summed E-state index contributed by atoms with van der Waals surface area (Å²) in [6.45, 7) is 4.77. The summed E-state index contributed by atoms with van der Waals surface area (Å²) in [6, 6.07) is 38.7. The van der Waals surface area contributed by atoms with Crippen LogP contribution in [-0.2, 0) is 53.7 Å². The number of carbonyl (C=O) groups excluding carboxylic acids is 4. The fraction of sp³-hybridized carbons (Fsp3) is 0.446. The van der Waals surface area contributed by atoms with Crippen LogP contribution in [0, 0.1) is 5.82 Å². The Balaban J connectivity index is 0.00000477. The number of amides is 5. The Hall–Kier alpha value is -7.55. The van der Waals surface area contributed by atoms with Crippen LogP contribution < -0.4 is 10.2 Å². The Morgan fingerprint density at radius 2 is 1.30 bits per heavy atom. The summed E-state index contributed by atoms with van der Waals surface area (Å²) in [5, 5.41) is 15.0. The quantitative estimate of drug-likeness (QED) is 0.0285. The van der Waals surface area contributed by atoms with E-state index in [0.29, 0.717) is 120 Å². The van der Waals surface area contributed by atoms with Crippen LogP contribution in [0.3, 0.4) is 0 Å². The average molecular weight is 1470 g/mol. The van der Waals surface area contributed by atoms with Crippen molar-refractivity contribution >= 4 is 78.3 Å². The number of benzene rings is 6.